The number of aromatic nitrogens is 3. The molecule has 5 nitrogen and oxygen atoms in total. The summed E-state index contributed by atoms with van der Waals surface area (Å²) in [6.45, 7) is 7.73. The van der Waals surface area contributed by atoms with Crippen LogP contribution in [0.2, 0.25) is 0 Å². The van der Waals surface area contributed by atoms with Crippen molar-refractivity contribution in [2.75, 3.05) is 6.54 Å². The Morgan fingerprint density at radius 2 is 2.24 bits per heavy atom. The number of halogens is 1. The van der Waals surface area contributed by atoms with Crippen LogP contribution in [0.3, 0.4) is 0 Å². The summed E-state index contributed by atoms with van der Waals surface area (Å²) in [5.74, 6) is 0. The molecule has 0 saturated carbocycles. The van der Waals surface area contributed by atoms with Crippen molar-refractivity contribution in [2.24, 2.45) is 0 Å². The van der Waals surface area contributed by atoms with Gasteiger partial charge in [0.05, 0.1) is 0 Å². The molecule has 0 aliphatic heterocycles. The lowest BCUT2D eigenvalue weighted by Gasteiger charge is -2.12. The second kappa shape index (κ2) is 7.29. The van der Waals surface area contributed by atoms with Crippen LogP contribution in [-0.2, 0) is 6.54 Å². The van der Waals surface area contributed by atoms with Crippen molar-refractivity contribution >= 4 is 27.7 Å². The Bertz CT molecular complexity index is 665. The second-order valence-electron chi connectivity index (χ2n) is 4.91. The van der Waals surface area contributed by atoms with E-state index in [1.807, 2.05) is 26.0 Å². The quantitative estimate of drug-likeness (QED) is 0.819. The standard InChI is InChI=1S/C14H19BrN4OS/c1-4-16-8-10-7-11(15)5-6-12(10)21-14-18-17-13(20)19(14)9(2)3/h5-7,9,16H,4,8H2,1-3H3,(H,17,20). The minimum Gasteiger partial charge on any atom is -0.313 e. The molecular formula is C14H19BrN4OS. The van der Waals surface area contributed by atoms with Crippen molar-refractivity contribution in [3.63, 3.8) is 0 Å². The summed E-state index contributed by atoms with van der Waals surface area (Å²) in [5, 5.41) is 10.7. The highest BCUT2D eigenvalue weighted by molar-refractivity contribution is 9.10. The van der Waals surface area contributed by atoms with Crippen LogP contribution < -0.4 is 11.0 Å². The van der Waals surface area contributed by atoms with Gasteiger partial charge >= 0.3 is 5.69 Å². The molecule has 2 aromatic rings. The highest BCUT2D eigenvalue weighted by Crippen LogP contribution is 2.31. The maximum atomic E-state index is 11.8. The van der Waals surface area contributed by atoms with E-state index in [-0.39, 0.29) is 11.7 Å². The summed E-state index contributed by atoms with van der Waals surface area (Å²) < 4.78 is 2.71. The predicted molar refractivity (Wildman–Crippen MR) is 88.9 cm³/mol. The number of hydrogen-bond donors (Lipinski definition) is 2. The van der Waals surface area contributed by atoms with Crippen molar-refractivity contribution in [1.29, 1.82) is 0 Å². The van der Waals surface area contributed by atoms with Crippen LogP contribution in [0.25, 0.3) is 0 Å². The van der Waals surface area contributed by atoms with Gasteiger partial charge < -0.3 is 5.32 Å². The van der Waals surface area contributed by atoms with Crippen LogP contribution in [-0.4, -0.2) is 21.3 Å². The number of nitrogens with one attached hydrogen (secondary N) is 2. The van der Waals surface area contributed by atoms with Crippen LogP contribution in [0.1, 0.15) is 32.4 Å². The third-order valence-corrected chi connectivity index (χ3v) is 4.56. The molecule has 0 saturated heterocycles. The van der Waals surface area contributed by atoms with Gasteiger partial charge in [0.15, 0.2) is 5.16 Å². The fraction of sp³-hybridized carbons (Fsp3) is 0.429. The Morgan fingerprint density at radius 3 is 2.90 bits per heavy atom. The lowest BCUT2D eigenvalue weighted by Crippen LogP contribution is -2.19. The van der Waals surface area contributed by atoms with Gasteiger partial charge in [0, 0.05) is 22.0 Å². The summed E-state index contributed by atoms with van der Waals surface area (Å²) in [6.07, 6.45) is 0. The molecule has 0 radical (unpaired) electrons. The first kappa shape index (κ1) is 16.3. The van der Waals surface area contributed by atoms with E-state index in [1.165, 1.54) is 17.3 Å². The van der Waals surface area contributed by atoms with E-state index in [2.05, 4.69) is 44.4 Å². The molecule has 1 aromatic heterocycles. The molecule has 0 spiro atoms. The molecule has 1 aromatic carbocycles. The highest BCUT2D eigenvalue weighted by Gasteiger charge is 2.14. The normalized spacial score (nSPS) is 11.3. The zero-order chi connectivity index (χ0) is 15.4. The summed E-state index contributed by atoms with van der Waals surface area (Å²) in [7, 11) is 0. The fourth-order valence-electron chi connectivity index (χ4n) is 1.96. The number of aromatic amines is 1. The van der Waals surface area contributed by atoms with Gasteiger partial charge in [-0.05, 0) is 55.9 Å². The van der Waals surface area contributed by atoms with Crippen LogP contribution in [0.5, 0.6) is 0 Å². The van der Waals surface area contributed by atoms with Crippen LogP contribution in [0, 0.1) is 0 Å². The van der Waals surface area contributed by atoms with Crippen molar-refractivity contribution in [3.05, 3.63) is 38.7 Å². The van der Waals surface area contributed by atoms with Gasteiger partial charge in [0.2, 0.25) is 0 Å². The van der Waals surface area contributed by atoms with Gasteiger partial charge in [0.1, 0.15) is 0 Å². The van der Waals surface area contributed by atoms with Gasteiger partial charge in [-0.2, -0.15) is 0 Å². The SMILES string of the molecule is CCNCc1cc(Br)ccc1Sc1n[nH]c(=O)n1C(C)C. The zero-order valence-electron chi connectivity index (χ0n) is 12.3. The maximum absolute atomic E-state index is 11.8. The molecule has 0 atom stereocenters. The molecular weight excluding hydrogens is 352 g/mol. The van der Waals surface area contributed by atoms with Crippen molar-refractivity contribution in [3.8, 4) is 0 Å². The van der Waals surface area contributed by atoms with E-state index in [1.54, 1.807) is 4.57 Å². The van der Waals surface area contributed by atoms with Gasteiger partial charge in [-0.1, -0.05) is 22.9 Å². The lowest BCUT2D eigenvalue weighted by atomic mass is 10.2. The van der Waals surface area contributed by atoms with Crippen LogP contribution in [0.4, 0.5) is 0 Å². The van der Waals surface area contributed by atoms with E-state index in [0.29, 0.717) is 5.16 Å². The Hall–Kier alpha value is -1.05. The largest absolute Gasteiger partial charge is 0.344 e. The fourth-order valence-corrected chi connectivity index (χ4v) is 3.45. The average Bonchev–Trinajstić information content (AvgIpc) is 2.80. The van der Waals surface area contributed by atoms with Gasteiger partial charge in [-0.15, -0.1) is 5.10 Å². The molecule has 0 aliphatic carbocycles. The molecule has 0 fully saturated rings. The molecule has 114 valence electrons. The third kappa shape index (κ3) is 3.99. The van der Waals surface area contributed by atoms with Gasteiger partial charge in [-0.3, -0.25) is 4.57 Å². The minimum atomic E-state index is -0.169. The smallest absolute Gasteiger partial charge is 0.313 e. The van der Waals surface area contributed by atoms with E-state index >= 15 is 0 Å². The number of rotatable bonds is 6. The molecule has 0 amide bonds. The Kier molecular flexibility index (Phi) is 5.66. The van der Waals surface area contributed by atoms with Crippen molar-refractivity contribution in [1.82, 2.24) is 20.1 Å². The van der Waals surface area contributed by atoms with Gasteiger partial charge in [0.25, 0.3) is 0 Å². The summed E-state index contributed by atoms with van der Waals surface area (Å²) >= 11 is 5.01. The molecule has 1 heterocycles. The Morgan fingerprint density at radius 1 is 1.48 bits per heavy atom. The first-order chi connectivity index (χ1) is 10.0. The number of nitrogens with zero attached hydrogens (tertiary/aromatic N) is 2. The molecule has 21 heavy (non-hydrogen) atoms. The van der Waals surface area contributed by atoms with Crippen molar-refractivity contribution in [2.45, 2.75) is 43.4 Å². The number of hydrogen-bond acceptors (Lipinski definition) is 4. The molecule has 0 unspecified atom stereocenters. The lowest BCUT2D eigenvalue weighted by molar-refractivity contribution is 0.534. The van der Waals surface area contributed by atoms with E-state index in [4.69, 9.17) is 0 Å². The molecule has 2 N–H and O–H groups in total. The maximum Gasteiger partial charge on any atom is 0.344 e. The monoisotopic (exact) mass is 370 g/mol. The number of benzene rings is 1. The summed E-state index contributed by atoms with van der Waals surface area (Å²) in [5.41, 5.74) is 1.01. The first-order valence-electron chi connectivity index (χ1n) is 6.86. The van der Waals surface area contributed by atoms with E-state index < -0.39 is 0 Å². The number of H-pyrrole nitrogens is 1. The van der Waals surface area contributed by atoms with E-state index in [0.717, 1.165) is 22.5 Å². The topological polar surface area (TPSA) is 62.7 Å². The summed E-state index contributed by atoms with van der Waals surface area (Å²) in [6, 6.07) is 6.22. The molecule has 2 rings (SSSR count). The van der Waals surface area contributed by atoms with Crippen LogP contribution in [0.15, 0.2) is 37.5 Å². The third-order valence-electron chi connectivity index (χ3n) is 2.98. The Balaban J connectivity index is 2.33. The molecule has 0 bridgehead atoms. The predicted octanol–water partition coefficient (Wildman–Crippen LogP) is 3.18. The van der Waals surface area contributed by atoms with Crippen molar-refractivity contribution < 1.29 is 0 Å². The molecule has 7 heteroatoms. The minimum absolute atomic E-state index is 0.0754. The summed E-state index contributed by atoms with van der Waals surface area (Å²) in [4.78, 5) is 12.9. The molecule has 0 aliphatic rings. The highest BCUT2D eigenvalue weighted by atomic mass is 79.9. The average molecular weight is 371 g/mol. The Labute approximate surface area is 136 Å². The zero-order valence-corrected chi connectivity index (χ0v) is 14.7. The first-order valence-corrected chi connectivity index (χ1v) is 8.47. The second-order valence-corrected chi connectivity index (χ2v) is 6.83. The van der Waals surface area contributed by atoms with Gasteiger partial charge in [-0.25, -0.2) is 9.89 Å². The van der Waals surface area contributed by atoms with Crippen LogP contribution >= 0.6 is 27.7 Å². The van der Waals surface area contributed by atoms with E-state index in [9.17, 15) is 4.79 Å².